The molecular weight excluding hydrogens is 266 g/mol. The van der Waals surface area contributed by atoms with Crippen molar-refractivity contribution in [1.82, 2.24) is 15.1 Å². The van der Waals surface area contributed by atoms with Crippen molar-refractivity contribution in [3.8, 4) is 0 Å². The molecule has 0 bridgehead atoms. The lowest BCUT2D eigenvalue weighted by molar-refractivity contribution is 0.0806. The molecule has 21 heavy (non-hydrogen) atoms. The van der Waals surface area contributed by atoms with Crippen molar-refractivity contribution in [3.63, 3.8) is 0 Å². The fourth-order valence-electron chi connectivity index (χ4n) is 4.35. The lowest BCUT2D eigenvalue weighted by Crippen LogP contribution is -2.57. The molecule has 1 N–H and O–H groups in total. The molecule has 2 amide bonds. The van der Waals surface area contributed by atoms with E-state index in [9.17, 15) is 4.79 Å². The van der Waals surface area contributed by atoms with Crippen LogP contribution in [0.1, 0.15) is 44.9 Å². The number of hydrogen-bond acceptors (Lipinski definition) is 3. The number of urea groups is 1. The number of carbonyl (C=O) groups excluding carboxylic acids is 1. The Morgan fingerprint density at radius 3 is 2.62 bits per heavy atom. The van der Waals surface area contributed by atoms with Crippen LogP contribution in [0.15, 0.2) is 0 Å². The van der Waals surface area contributed by atoms with Crippen LogP contribution in [0.5, 0.6) is 0 Å². The van der Waals surface area contributed by atoms with Crippen LogP contribution in [0.2, 0.25) is 0 Å². The fraction of sp³-hybridized carbons (Fsp3) is 0.938. The van der Waals surface area contributed by atoms with Crippen LogP contribution in [0.25, 0.3) is 0 Å². The quantitative estimate of drug-likeness (QED) is 0.845. The van der Waals surface area contributed by atoms with Crippen LogP contribution in [0.3, 0.4) is 0 Å². The first kappa shape index (κ1) is 15.1. The highest BCUT2D eigenvalue weighted by Crippen LogP contribution is 2.38. The van der Waals surface area contributed by atoms with Gasteiger partial charge in [-0.25, -0.2) is 4.79 Å². The Balaban J connectivity index is 1.59. The molecule has 2 atom stereocenters. The summed E-state index contributed by atoms with van der Waals surface area (Å²) in [6.07, 6.45) is 8.00. The second kappa shape index (κ2) is 6.13. The first-order chi connectivity index (χ1) is 10.1. The summed E-state index contributed by atoms with van der Waals surface area (Å²) >= 11 is 0. The number of rotatable bonds is 2. The van der Waals surface area contributed by atoms with Gasteiger partial charge in [-0.15, -0.1) is 0 Å². The summed E-state index contributed by atoms with van der Waals surface area (Å²) in [5, 5.41) is 3.26. The SMILES string of the molecule is CO[C@@H]1CC[C@@H](NC(=O)N2CCCC23CCN(C)CC3)C1. The van der Waals surface area contributed by atoms with Crippen LogP contribution in [0, 0.1) is 0 Å². The van der Waals surface area contributed by atoms with Crippen molar-refractivity contribution in [3.05, 3.63) is 0 Å². The van der Waals surface area contributed by atoms with Gasteiger partial charge in [0.25, 0.3) is 0 Å². The van der Waals surface area contributed by atoms with Crippen LogP contribution in [-0.2, 0) is 4.74 Å². The van der Waals surface area contributed by atoms with E-state index in [1.807, 2.05) is 0 Å². The van der Waals surface area contributed by atoms with Crippen molar-refractivity contribution in [2.24, 2.45) is 0 Å². The predicted molar refractivity (Wildman–Crippen MR) is 82.4 cm³/mol. The Morgan fingerprint density at radius 2 is 1.95 bits per heavy atom. The van der Waals surface area contributed by atoms with Crippen molar-refractivity contribution >= 4 is 6.03 Å². The average molecular weight is 295 g/mol. The van der Waals surface area contributed by atoms with Gasteiger partial charge < -0.3 is 19.9 Å². The topological polar surface area (TPSA) is 44.8 Å². The van der Waals surface area contributed by atoms with Crippen LogP contribution in [-0.4, -0.2) is 67.3 Å². The summed E-state index contributed by atoms with van der Waals surface area (Å²) in [5.74, 6) is 0. The van der Waals surface area contributed by atoms with Crippen molar-refractivity contribution < 1.29 is 9.53 Å². The number of ether oxygens (including phenoxy) is 1. The number of piperidine rings is 1. The summed E-state index contributed by atoms with van der Waals surface area (Å²) in [6.45, 7) is 3.15. The molecular formula is C16H29N3O2. The molecule has 2 heterocycles. The van der Waals surface area contributed by atoms with Crippen molar-refractivity contribution in [2.75, 3.05) is 33.8 Å². The third kappa shape index (κ3) is 3.04. The molecule has 0 aromatic heterocycles. The smallest absolute Gasteiger partial charge is 0.318 e. The lowest BCUT2D eigenvalue weighted by atomic mass is 9.85. The van der Waals surface area contributed by atoms with E-state index < -0.39 is 0 Å². The van der Waals surface area contributed by atoms with E-state index in [1.165, 1.54) is 6.42 Å². The molecule has 2 aliphatic heterocycles. The van der Waals surface area contributed by atoms with E-state index in [1.54, 1.807) is 7.11 Å². The molecule has 1 aliphatic carbocycles. The molecule has 120 valence electrons. The van der Waals surface area contributed by atoms with E-state index in [-0.39, 0.29) is 11.6 Å². The fourth-order valence-corrected chi connectivity index (χ4v) is 4.35. The normalized spacial score (nSPS) is 32.8. The number of methoxy groups -OCH3 is 1. The van der Waals surface area contributed by atoms with Crippen LogP contribution >= 0.6 is 0 Å². The highest BCUT2D eigenvalue weighted by molar-refractivity contribution is 5.76. The number of amides is 2. The summed E-state index contributed by atoms with van der Waals surface area (Å²) in [6, 6.07) is 0.463. The van der Waals surface area contributed by atoms with Crippen molar-refractivity contribution in [2.45, 2.75) is 62.6 Å². The van der Waals surface area contributed by atoms with Gasteiger partial charge >= 0.3 is 6.03 Å². The third-order valence-electron chi connectivity index (χ3n) is 5.80. The number of nitrogens with zero attached hydrogens (tertiary/aromatic N) is 2. The minimum atomic E-state index is 0.135. The number of nitrogens with one attached hydrogen (secondary N) is 1. The number of carbonyl (C=O) groups is 1. The first-order valence-corrected chi connectivity index (χ1v) is 8.42. The lowest BCUT2D eigenvalue weighted by Gasteiger charge is -2.44. The average Bonchev–Trinajstić information content (AvgIpc) is 3.09. The zero-order chi connectivity index (χ0) is 14.9. The van der Waals surface area contributed by atoms with Gasteiger partial charge in [0.15, 0.2) is 0 Å². The maximum absolute atomic E-state index is 12.7. The Labute approximate surface area is 128 Å². The van der Waals surface area contributed by atoms with Gasteiger partial charge in [0, 0.05) is 38.3 Å². The maximum atomic E-state index is 12.7. The van der Waals surface area contributed by atoms with E-state index in [2.05, 4.69) is 22.2 Å². The Hall–Kier alpha value is -0.810. The highest BCUT2D eigenvalue weighted by atomic mass is 16.5. The summed E-state index contributed by atoms with van der Waals surface area (Å²) in [4.78, 5) is 17.2. The summed E-state index contributed by atoms with van der Waals surface area (Å²) < 4.78 is 5.40. The zero-order valence-corrected chi connectivity index (χ0v) is 13.4. The molecule has 0 unspecified atom stereocenters. The second-order valence-corrected chi connectivity index (χ2v) is 7.10. The molecule has 1 saturated carbocycles. The maximum Gasteiger partial charge on any atom is 0.318 e. The molecule has 5 nitrogen and oxygen atoms in total. The number of likely N-dealkylation sites (tertiary alicyclic amines) is 2. The minimum absolute atomic E-state index is 0.135. The standard InChI is InChI=1S/C16H29N3O2/c1-18-10-7-16(8-11-18)6-3-9-19(16)15(20)17-13-4-5-14(12-13)21-2/h13-14H,3-12H2,1-2H3,(H,17,20)/t13-,14-/m1/s1. The molecule has 0 aromatic carbocycles. The van der Waals surface area contributed by atoms with Crippen molar-refractivity contribution in [1.29, 1.82) is 0 Å². The molecule has 0 radical (unpaired) electrons. The molecule has 1 spiro atoms. The van der Waals surface area contributed by atoms with Crippen LogP contribution in [0.4, 0.5) is 4.79 Å². The molecule has 3 aliphatic rings. The first-order valence-electron chi connectivity index (χ1n) is 8.42. The van der Waals surface area contributed by atoms with Crippen LogP contribution < -0.4 is 5.32 Å². The molecule has 5 heteroatoms. The second-order valence-electron chi connectivity index (χ2n) is 7.10. The van der Waals surface area contributed by atoms with Gasteiger partial charge in [-0.2, -0.15) is 0 Å². The Bertz CT molecular complexity index is 380. The predicted octanol–water partition coefficient (Wildman–Crippen LogP) is 1.82. The van der Waals surface area contributed by atoms with Gasteiger partial charge in [0.2, 0.25) is 0 Å². The van der Waals surface area contributed by atoms with Gasteiger partial charge in [-0.05, 0) is 52.0 Å². The zero-order valence-electron chi connectivity index (χ0n) is 13.4. The van der Waals surface area contributed by atoms with Gasteiger partial charge in [-0.1, -0.05) is 0 Å². The molecule has 3 fully saturated rings. The van der Waals surface area contributed by atoms with Gasteiger partial charge in [0.1, 0.15) is 0 Å². The summed E-state index contributed by atoms with van der Waals surface area (Å²) in [5.41, 5.74) is 0.135. The molecule has 3 rings (SSSR count). The molecule has 0 aromatic rings. The Kier molecular flexibility index (Phi) is 4.41. The van der Waals surface area contributed by atoms with Gasteiger partial charge in [0.05, 0.1) is 6.10 Å². The molecule has 2 saturated heterocycles. The van der Waals surface area contributed by atoms with E-state index in [0.717, 1.165) is 58.2 Å². The van der Waals surface area contributed by atoms with E-state index in [0.29, 0.717) is 12.1 Å². The summed E-state index contributed by atoms with van der Waals surface area (Å²) in [7, 11) is 3.94. The minimum Gasteiger partial charge on any atom is -0.381 e. The van der Waals surface area contributed by atoms with Gasteiger partial charge in [-0.3, -0.25) is 0 Å². The van der Waals surface area contributed by atoms with E-state index in [4.69, 9.17) is 4.74 Å². The van der Waals surface area contributed by atoms with E-state index >= 15 is 0 Å². The Morgan fingerprint density at radius 1 is 1.19 bits per heavy atom. The number of hydrogen-bond donors (Lipinski definition) is 1. The monoisotopic (exact) mass is 295 g/mol. The largest absolute Gasteiger partial charge is 0.381 e. The highest BCUT2D eigenvalue weighted by Gasteiger charge is 2.45. The third-order valence-corrected chi connectivity index (χ3v) is 5.80.